The van der Waals surface area contributed by atoms with Gasteiger partial charge in [0.25, 0.3) is 0 Å². The lowest BCUT2D eigenvalue weighted by Gasteiger charge is -2.09. The van der Waals surface area contributed by atoms with Gasteiger partial charge >= 0.3 is 0 Å². The molecule has 0 aliphatic rings. The number of hydrogen-bond donors (Lipinski definition) is 0. The highest BCUT2D eigenvalue weighted by Gasteiger charge is 2.09. The number of alkyl halides is 1. The first-order valence-corrected chi connectivity index (χ1v) is 4.02. The van der Waals surface area contributed by atoms with E-state index in [1.165, 1.54) is 26.4 Å². The summed E-state index contributed by atoms with van der Waals surface area (Å²) in [6, 6.07) is 2.92. The molecule has 76 valence electrons. The van der Waals surface area contributed by atoms with Crippen LogP contribution >= 0.6 is 0 Å². The zero-order chi connectivity index (χ0) is 10.6. The number of aldehydes is 1. The lowest BCUT2D eigenvalue weighted by molar-refractivity contribution is 0.112. The molecule has 14 heavy (non-hydrogen) atoms. The third-order valence-corrected chi connectivity index (χ3v) is 1.90. The van der Waals surface area contributed by atoms with Crippen LogP contribution in [0.3, 0.4) is 0 Å². The second-order valence-corrected chi connectivity index (χ2v) is 2.66. The van der Waals surface area contributed by atoms with Gasteiger partial charge in [-0.3, -0.25) is 4.79 Å². The molecule has 0 N–H and O–H groups in total. The van der Waals surface area contributed by atoms with Gasteiger partial charge in [-0.2, -0.15) is 0 Å². The minimum atomic E-state index is -0.673. The van der Waals surface area contributed by atoms with Crippen molar-refractivity contribution < 1.29 is 18.7 Å². The first kappa shape index (κ1) is 10.5. The maximum Gasteiger partial charge on any atom is 0.153 e. The molecule has 0 spiro atoms. The van der Waals surface area contributed by atoms with Gasteiger partial charge in [0.15, 0.2) is 6.29 Å². The van der Waals surface area contributed by atoms with Crippen LogP contribution in [0.1, 0.15) is 15.9 Å². The van der Waals surface area contributed by atoms with Gasteiger partial charge < -0.3 is 9.47 Å². The molecular formula is C10H11FO3. The minimum Gasteiger partial charge on any atom is -0.496 e. The number of carbonyl (C=O) groups is 1. The summed E-state index contributed by atoms with van der Waals surface area (Å²) < 4.78 is 22.4. The lowest BCUT2D eigenvalue weighted by Crippen LogP contribution is -1.96. The van der Waals surface area contributed by atoms with Crippen LogP contribution in [-0.2, 0) is 6.67 Å². The lowest BCUT2D eigenvalue weighted by atomic mass is 10.1. The molecule has 0 heterocycles. The highest BCUT2D eigenvalue weighted by Crippen LogP contribution is 2.28. The molecule has 0 aromatic heterocycles. The number of halogens is 1. The van der Waals surface area contributed by atoms with Crippen molar-refractivity contribution in [2.24, 2.45) is 0 Å². The molecule has 0 atom stereocenters. The molecule has 0 unspecified atom stereocenters. The van der Waals surface area contributed by atoms with E-state index in [-0.39, 0.29) is 0 Å². The van der Waals surface area contributed by atoms with Gasteiger partial charge in [-0.15, -0.1) is 0 Å². The second kappa shape index (κ2) is 4.60. The van der Waals surface area contributed by atoms with Gasteiger partial charge in [0.05, 0.1) is 19.8 Å². The normalized spacial score (nSPS) is 9.64. The Morgan fingerprint density at radius 1 is 1.29 bits per heavy atom. The molecule has 0 aliphatic carbocycles. The van der Waals surface area contributed by atoms with Crippen molar-refractivity contribution in [1.82, 2.24) is 0 Å². The second-order valence-electron chi connectivity index (χ2n) is 2.66. The molecule has 0 saturated carbocycles. The van der Waals surface area contributed by atoms with Gasteiger partial charge in [0.2, 0.25) is 0 Å². The van der Waals surface area contributed by atoms with Crippen LogP contribution in [0, 0.1) is 0 Å². The van der Waals surface area contributed by atoms with Gasteiger partial charge in [0.1, 0.15) is 18.2 Å². The fourth-order valence-corrected chi connectivity index (χ4v) is 1.19. The molecule has 0 saturated heterocycles. The van der Waals surface area contributed by atoms with Crippen molar-refractivity contribution in [2.45, 2.75) is 6.67 Å². The van der Waals surface area contributed by atoms with Crippen molar-refractivity contribution in [2.75, 3.05) is 14.2 Å². The van der Waals surface area contributed by atoms with E-state index in [0.717, 1.165) is 0 Å². The quantitative estimate of drug-likeness (QED) is 0.694. The van der Waals surface area contributed by atoms with E-state index < -0.39 is 6.67 Å². The SMILES string of the molecule is COc1cc(OC)c(CF)cc1C=O. The fraction of sp³-hybridized carbons (Fsp3) is 0.300. The van der Waals surface area contributed by atoms with Crippen molar-refractivity contribution in [3.8, 4) is 11.5 Å². The number of methoxy groups -OCH3 is 2. The van der Waals surface area contributed by atoms with E-state index in [9.17, 15) is 9.18 Å². The van der Waals surface area contributed by atoms with Gasteiger partial charge in [-0.1, -0.05) is 0 Å². The van der Waals surface area contributed by atoms with E-state index in [1.807, 2.05) is 0 Å². The molecule has 1 aromatic rings. The maximum absolute atomic E-state index is 12.5. The van der Waals surface area contributed by atoms with Gasteiger partial charge in [-0.05, 0) is 6.07 Å². The van der Waals surface area contributed by atoms with Crippen LogP contribution < -0.4 is 9.47 Å². The summed E-state index contributed by atoms with van der Waals surface area (Å²) in [6.07, 6.45) is 0.622. The number of ether oxygens (including phenoxy) is 2. The third kappa shape index (κ3) is 1.84. The molecule has 4 heteroatoms. The van der Waals surface area contributed by atoms with E-state index in [2.05, 4.69) is 0 Å². The maximum atomic E-state index is 12.5. The molecular weight excluding hydrogens is 187 g/mol. The van der Waals surface area contributed by atoms with Gasteiger partial charge in [0, 0.05) is 11.6 Å². The predicted molar refractivity (Wildman–Crippen MR) is 49.7 cm³/mol. The van der Waals surface area contributed by atoms with Crippen LogP contribution in [0.4, 0.5) is 4.39 Å². The number of carbonyl (C=O) groups excluding carboxylic acids is 1. The third-order valence-electron chi connectivity index (χ3n) is 1.90. The van der Waals surface area contributed by atoms with E-state index in [0.29, 0.717) is 28.9 Å². The summed E-state index contributed by atoms with van der Waals surface area (Å²) in [5.74, 6) is 0.768. The molecule has 3 nitrogen and oxygen atoms in total. The molecule has 0 amide bonds. The Balaban J connectivity index is 3.27. The van der Waals surface area contributed by atoms with Gasteiger partial charge in [-0.25, -0.2) is 4.39 Å². The zero-order valence-electron chi connectivity index (χ0n) is 8.04. The molecule has 0 aliphatic heterocycles. The Labute approximate surface area is 81.4 Å². The molecule has 0 fully saturated rings. The van der Waals surface area contributed by atoms with Crippen molar-refractivity contribution in [1.29, 1.82) is 0 Å². The van der Waals surface area contributed by atoms with E-state index >= 15 is 0 Å². The summed E-state index contributed by atoms with van der Waals surface area (Å²) in [5.41, 5.74) is 0.663. The summed E-state index contributed by atoms with van der Waals surface area (Å²) in [5, 5.41) is 0. The Morgan fingerprint density at radius 3 is 2.36 bits per heavy atom. The molecule has 1 aromatic carbocycles. The number of rotatable bonds is 4. The van der Waals surface area contributed by atoms with Crippen LogP contribution in [0.5, 0.6) is 11.5 Å². The van der Waals surface area contributed by atoms with Crippen molar-refractivity contribution in [3.05, 3.63) is 23.3 Å². The Bertz CT molecular complexity index is 336. The van der Waals surface area contributed by atoms with Crippen LogP contribution in [0.2, 0.25) is 0 Å². The van der Waals surface area contributed by atoms with E-state index in [4.69, 9.17) is 9.47 Å². The average molecular weight is 198 g/mol. The molecule has 1 rings (SSSR count). The zero-order valence-corrected chi connectivity index (χ0v) is 8.04. The first-order valence-electron chi connectivity index (χ1n) is 4.02. The highest BCUT2D eigenvalue weighted by atomic mass is 19.1. The molecule has 0 bridgehead atoms. The fourth-order valence-electron chi connectivity index (χ4n) is 1.19. The predicted octanol–water partition coefficient (Wildman–Crippen LogP) is 1.99. The first-order chi connectivity index (χ1) is 6.76. The summed E-state index contributed by atoms with van der Waals surface area (Å²) in [4.78, 5) is 10.6. The highest BCUT2D eigenvalue weighted by molar-refractivity contribution is 5.80. The topological polar surface area (TPSA) is 35.5 Å². The number of benzene rings is 1. The summed E-state index contributed by atoms with van der Waals surface area (Å²) in [6.45, 7) is -0.673. The van der Waals surface area contributed by atoms with Crippen LogP contribution in [-0.4, -0.2) is 20.5 Å². The monoisotopic (exact) mass is 198 g/mol. The average Bonchev–Trinajstić information content (AvgIpc) is 2.26. The van der Waals surface area contributed by atoms with Crippen LogP contribution in [0.25, 0.3) is 0 Å². The molecule has 0 radical (unpaired) electrons. The smallest absolute Gasteiger partial charge is 0.153 e. The van der Waals surface area contributed by atoms with Crippen molar-refractivity contribution in [3.63, 3.8) is 0 Å². The summed E-state index contributed by atoms with van der Waals surface area (Å²) >= 11 is 0. The van der Waals surface area contributed by atoms with E-state index in [1.54, 1.807) is 0 Å². The summed E-state index contributed by atoms with van der Waals surface area (Å²) in [7, 11) is 2.88. The standard InChI is InChI=1S/C10H11FO3/c1-13-9-4-10(14-2)8(6-12)3-7(9)5-11/h3-4,6H,5H2,1-2H3. The van der Waals surface area contributed by atoms with Crippen LogP contribution in [0.15, 0.2) is 12.1 Å². The Kier molecular flexibility index (Phi) is 3.45. The minimum absolute atomic E-state index is 0.320. The largest absolute Gasteiger partial charge is 0.496 e. The van der Waals surface area contributed by atoms with Crippen molar-refractivity contribution >= 4 is 6.29 Å². The Hall–Kier alpha value is -1.58. The Morgan fingerprint density at radius 2 is 1.93 bits per heavy atom. The number of hydrogen-bond acceptors (Lipinski definition) is 3.